The minimum Gasteiger partial charge on any atom is -0.394 e. The van der Waals surface area contributed by atoms with Crippen molar-refractivity contribution in [1.82, 2.24) is 9.55 Å². The van der Waals surface area contributed by atoms with Crippen LogP contribution in [0.2, 0.25) is 0 Å². The maximum atomic E-state index is 12.0. The minimum absolute atomic E-state index is 0.123. The molecule has 1 aromatic heterocycles. The van der Waals surface area contributed by atoms with E-state index in [1.807, 2.05) is 0 Å². The third-order valence-corrected chi connectivity index (χ3v) is 3.03. The zero-order chi connectivity index (χ0) is 14.2. The van der Waals surface area contributed by atoms with Crippen LogP contribution in [0.15, 0.2) is 22.4 Å². The van der Waals surface area contributed by atoms with E-state index < -0.39 is 42.4 Å². The summed E-state index contributed by atoms with van der Waals surface area (Å²) in [5, 5.41) is 28.4. The van der Waals surface area contributed by atoms with Crippen LogP contribution in [0.5, 0.6) is 0 Å². The lowest BCUT2D eigenvalue weighted by Gasteiger charge is -2.16. The van der Waals surface area contributed by atoms with E-state index in [1.165, 1.54) is 12.3 Å². The van der Waals surface area contributed by atoms with Gasteiger partial charge in [-0.15, -0.1) is 0 Å². The van der Waals surface area contributed by atoms with Gasteiger partial charge in [0.25, 0.3) is 5.56 Å². The van der Waals surface area contributed by atoms with Crippen LogP contribution in [0.3, 0.4) is 0 Å². The molecule has 8 nitrogen and oxygen atoms in total. The van der Waals surface area contributed by atoms with Gasteiger partial charge in [0.1, 0.15) is 18.3 Å². The molecule has 0 bridgehead atoms. The molecule has 1 saturated heterocycles. The first-order chi connectivity index (χ1) is 9.01. The summed E-state index contributed by atoms with van der Waals surface area (Å²) in [6.07, 6.45) is -2.85. The summed E-state index contributed by atoms with van der Waals surface area (Å²) in [6, 6.07) is 0. The van der Waals surface area contributed by atoms with Crippen LogP contribution < -0.4 is 11.2 Å². The van der Waals surface area contributed by atoms with Gasteiger partial charge in [-0.05, 0) is 0 Å². The second-order valence-corrected chi connectivity index (χ2v) is 4.16. The zero-order valence-electron chi connectivity index (χ0n) is 9.89. The molecule has 0 unspecified atom stereocenters. The smallest absolute Gasteiger partial charge is 0.330 e. The van der Waals surface area contributed by atoms with Crippen molar-refractivity contribution in [2.75, 3.05) is 6.61 Å². The van der Waals surface area contributed by atoms with Gasteiger partial charge in [0.05, 0.1) is 12.2 Å². The number of aromatic nitrogens is 2. The van der Waals surface area contributed by atoms with Crippen LogP contribution in [0.4, 0.5) is 0 Å². The topological polar surface area (TPSA) is 125 Å². The van der Waals surface area contributed by atoms with E-state index >= 15 is 0 Å². The summed E-state index contributed by atoms with van der Waals surface area (Å²) < 4.78 is 5.79. The van der Waals surface area contributed by atoms with Gasteiger partial charge in [0.15, 0.2) is 6.23 Å². The molecule has 0 radical (unpaired) electrons. The van der Waals surface area contributed by atoms with Crippen LogP contribution in [0.1, 0.15) is 11.8 Å². The number of rotatable bonds is 3. The van der Waals surface area contributed by atoms with E-state index in [0.717, 1.165) is 0 Å². The molecule has 0 saturated carbocycles. The molecule has 0 spiro atoms. The van der Waals surface area contributed by atoms with Crippen LogP contribution in [-0.4, -0.2) is 49.8 Å². The SMILES string of the molecule is C=Cc1c[nH]c(=O)n([C@@H]2O[C@H](CO)[C@@H](O)[C@H]2O)c1=O. The Kier molecular flexibility index (Phi) is 3.67. The average molecular weight is 270 g/mol. The first-order valence-corrected chi connectivity index (χ1v) is 5.60. The molecule has 4 N–H and O–H groups in total. The highest BCUT2D eigenvalue weighted by atomic mass is 16.6. The van der Waals surface area contributed by atoms with E-state index in [0.29, 0.717) is 4.57 Å². The second-order valence-electron chi connectivity index (χ2n) is 4.16. The van der Waals surface area contributed by atoms with Crippen molar-refractivity contribution in [2.45, 2.75) is 24.5 Å². The van der Waals surface area contributed by atoms with Crippen molar-refractivity contribution < 1.29 is 20.1 Å². The number of aliphatic hydroxyl groups excluding tert-OH is 3. The average Bonchev–Trinajstić information content (AvgIpc) is 2.67. The largest absolute Gasteiger partial charge is 0.394 e. The van der Waals surface area contributed by atoms with E-state index in [4.69, 9.17) is 9.84 Å². The maximum Gasteiger partial charge on any atom is 0.330 e. The minimum atomic E-state index is -1.49. The Morgan fingerprint density at radius 1 is 1.42 bits per heavy atom. The third kappa shape index (κ3) is 2.15. The first kappa shape index (κ1) is 13.7. The molecule has 4 atom stereocenters. The Morgan fingerprint density at radius 2 is 2.11 bits per heavy atom. The molecule has 1 aliphatic heterocycles. The highest BCUT2D eigenvalue weighted by molar-refractivity contribution is 5.43. The molecule has 8 heteroatoms. The lowest BCUT2D eigenvalue weighted by Crippen LogP contribution is -2.43. The fraction of sp³-hybridized carbons (Fsp3) is 0.455. The molecule has 1 aliphatic rings. The van der Waals surface area contributed by atoms with Crippen molar-refractivity contribution >= 4 is 6.08 Å². The summed E-state index contributed by atoms with van der Waals surface area (Å²) in [4.78, 5) is 26.0. The van der Waals surface area contributed by atoms with Gasteiger partial charge < -0.3 is 25.0 Å². The van der Waals surface area contributed by atoms with Crippen LogP contribution in [-0.2, 0) is 4.74 Å². The van der Waals surface area contributed by atoms with Gasteiger partial charge in [-0.25, -0.2) is 9.36 Å². The molecule has 1 fully saturated rings. The number of aliphatic hydroxyl groups is 3. The normalized spacial score (nSPS) is 30.5. The highest BCUT2D eigenvalue weighted by Gasteiger charge is 2.44. The van der Waals surface area contributed by atoms with Gasteiger partial charge in [-0.2, -0.15) is 0 Å². The number of aromatic amines is 1. The predicted molar refractivity (Wildman–Crippen MR) is 64.4 cm³/mol. The molecule has 2 rings (SSSR count). The third-order valence-electron chi connectivity index (χ3n) is 3.03. The number of hydrogen-bond acceptors (Lipinski definition) is 6. The molecule has 0 aromatic carbocycles. The summed E-state index contributed by atoms with van der Waals surface area (Å²) in [5.41, 5.74) is -1.36. The zero-order valence-corrected chi connectivity index (χ0v) is 9.89. The fourth-order valence-corrected chi connectivity index (χ4v) is 1.97. The summed E-state index contributed by atoms with van der Waals surface area (Å²) in [6.45, 7) is 2.89. The van der Waals surface area contributed by atoms with Crippen molar-refractivity contribution in [3.8, 4) is 0 Å². The van der Waals surface area contributed by atoms with Crippen molar-refractivity contribution in [3.05, 3.63) is 39.2 Å². The van der Waals surface area contributed by atoms with Gasteiger partial charge >= 0.3 is 5.69 Å². The van der Waals surface area contributed by atoms with Gasteiger partial charge in [0, 0.05) is 6.20 Å². The molecular formula is C11H14N2O6. The lowest BCUT2D eigenvalue weighted by molar-refractivity contribution is -0.0565. The van der Waals surface area contributed by atoms with E-state index in [-0.39, 0.29) is 5.56 Å². The predicted octanol–water partition coefficient (Wildman–Crippen LogP) is -2.21. The molecule has 19 heavy (non-hydrogen) atoms. The van der Waals surface area contributed by atoms with E-state index in [2.05, 4.69) is 11.6 Å². The number of nitrogens with one attached hydrogen (secondary N) is 1. The van der Waals surface area contributed by atoms with Crippen LogP contribution in [0.25, 0.3) is 6.08 Å². The number of H-pyrrole nitrogens is 1. The molecule has 0 amide bonds. The Morgan fingerprint density at radius 3 is 2.63 bits per heavy atom. The molecule has 0 aliphatic carbocycles. The highest BCUT2D eigenvalue weighted by Crippen LogP contribution is 2.27. The van der Waals surface area contributed by atoms with Crippen LogP contribution in [0, 0.1) is 0 Å². The summed E-state index contributed by atoms with van der Waals surface area (Å²) >= 11 is 0. The quantitative estimate of drug-likeness (QED) is 0.493. The molecular weight excluding hydrogens is 256 g/mol. The molecule has 2 heterocycles. The van der Waals surface area contributed by atoms with E-state index in [9.17, 15) is 19.8 Å². The molecule has 104 valence electrons. The standard InChI is InChI=1S/C11H14N2O6/c1-2-5-3-12-11(18)13(9(5)17)10-8(16)7(15)6(4-14)19-10/h2-3,6-8,10,14-16H,1,4H2,(H,12,18)/t6-,7-,8-,10-/m1/s1. The summed E-state index contributed by atoms with van der Waals surface area (Å²) in [5.74, 6) is 0. The van der Waals surface area contributed by atoms with Gasteiger partial charge in [-0.3, -0.25) is 4.79 Å². The second kappa shape index (κ2) is 5.10. The fourth-order valence-electron chi connectivity index (χ4n) is 1.97. The monoisotopic (exact) mass is 270 g/mol. The Balaban J connectivity index is 2.52. The molecule has 1 aromatic rings. The number of nitrogens with zero attached hydrogens (tertiary/aromatic N) is 1. The Labute approximate surface area is 107 Å². The Bertz CT molecular complexity index is 592. The van der Waals surface area contributed by atoms with E-state index in [1.54, 1.807) is 0 Å². The van der Waals surface area contributed by atoms with Crippen molar-refractivity contribution in [1.29, 1.82) is 0 Å². The van der Waals surface area contributed by atoms with Gasteiger partial charge in [0.2, 0.25) is 0 Å². The van der Waals surface area contributed by atoms with Crippen molar-refractivity contribution in [3.63, 3.8) is 0 Å². The van der Waals surface area contributed by atoms with Crippen molar-refractivity contribution in [2.24, 2.45) is 0 Å². The lowest BCUT2D eigenvalue weighted by atomic mass is 10.1. The van der Waals surface area contributed by atoms with Gasteiger partial charge in [-0.1, -0.05) is 12.7 Å². The Hall–Kier alpha value is -1.74. The summed E-state index contributed by atoms with van der Waals surface area (Å²) in [7, 11) is 0. The number of hydrogen-bond donors (Lipinski definition) is 4. The number of ether oxygens (including phenoxy) is 1. The maximum absolute atomic E-state index is 12.0. The first-order valence-electron chi connectivity index (χ1n) is 5.60. The van der Waals surface area contributed by atoms with Crippen LogP contribution >= 0.6 is 0 Å².